The maximum Gasteiger partial charge on any atom is 0.173 e. The lowest BCUT2D eigenvalue weighted by Gasteiger charge is -2.14. The number of fused-ring (bicyclic) bond motifs is 3. The summed E-state index contributed by atoms with van der Waals surface area (Å²) in [7, 11) is -2.76. The lowest BCUT2D eigenvalue weighted by molar-refractivity contribution is 0.593. The molecule has 0 amide bonds. The Kier molecular flexibility index (Phi) is 2.42. The average Bonchev–Trinajstić information content (AvgIpc) is 2.80. The molecule has 1 atom stereocenters. The number of rotatable bonds is 1. The molecule has 1 aliphatic rings. The first-order chi connectivity index (χ1) is 9.82. The van der Waals surface area contributed by atoms with Crippen LogP contribution >= 0.6 is 7.14 Å². The summed E-state index contributed by atoms with van der Waals surface area (Å²) in [5.41, 5.74) is 1.85. The Morgan fingerprint density at radius 1 is 0.750 bits per heavy atom. The van der Waals surface area contributed by atoms with Crippen LogP contribution in [-0.2, 0) is 4.57 Å². The summed E-state index contributed by atoms with van der Waals surface area (Å²) in [4.78, 5) is 4.45. The van der Waals surface area contributed by atoms with Crippen LogP contribution in [0.15, 0.2) is 72.9 Å². The molecular formula is C17H12NOP. The van der Waals surface area contributed by atoms with Gasteiger partial charge < -0.3 is 4.57 Å². The smallest absolute Gasteiger partial charge is 0.173 e. The average molecular weight is 277 g/mol. The van der Waals surface area contributed by atoms with Gasteiger partial charge in [-0.3, -0.25) is 4.98 Å². The van der Waals surface area contributed by atoms with Crippen molar-refractivity contribution in [3.63, 3.8) is 0 Å². The zero-order valence-corrected chi connectivity index (χ0v) is 11.6. The molecule has 0 saturated carbocycles. The van der Waals surface area contributed by atoms with Crippen LogP contribution < -0.4 is 15.9 Å². The predicted molar refractivity (Wildman–Crippen MR) is 82.6 cm³/mol. The van der Waals surface area contributed by atoms with Crippen LogP contribution in [-0.4, -0.2) is 4.98 Å². The van der Waals surface area contributed by atoms with Crippen molar-refractivity contribution in [1.82, 2.24) is 4.98 Å². The Morgan fingerprint density at radius 2 is 1.45 bits per heavy atom. The van der Waals surface area contributed by atoms with E-state index in [2.05, 4.69) is 4.98 Å². The minimum Gasteiger partial charge on any atom is -0.309 e. The highest BCUT2D eigenvalue weighted by Gasteiger charge is 2.40. The molecule has 3 aromatic rings. The highest BCUT2D eigenvalue weighted by Crippen LogP contribution is 2.51. The molecule has 96 valence electrons. The van der Waals surface area contributed by atoms with E-state index in [4.69, 9.17) is 0 Å². The summed E-state index contributed by atoms with van der Waals surface area (Å²) in [5, 5.41) is 2.63. The van der Waals surface area contributed by atoms with Crippen LogP contribution in [0.1, 0.15) is 0 Å². The van der Waals surface area contributed by atoms with Crippen molar-refractivity contribution in [1.29, 1.82) is 0 Å². The molecule has 2 aromatic carbocycles. The van der Waals surface area contributed by atoms with E-state index in [0.29, 0.717) is 0 Å². The zero-order chi connectivity index (χ0) is 13.6. The summed E-state index contributed by atoms with van der Waals surface area (Å²) in [6, 6.07) is 21.4. The van der Waals surface area contributed by atoms with Crippen molar-refractivity contribution in [2.75, 3.05) is 0 Å². The summed E-state index contributed by atoms with van der Waals surface area (Å²) in [6.45, 7) is 0. The summed E-state index contributed by atoms with van der Waals surface area (Å²) < 4.78 is 13.8. The Hall–Kier alpha value is -2.18. The first-order valence-electron chi connectivity index (χ1n) is 6.53. The van der Waals surface area contributed by atoms with Crippen LogP contribution in [0.2, 0.25) is 0 Å². The van der Waals surface area contributed by atoms with E-state index in [1.54, 1.807) is 6.20 Å². The van der Waals surface area contributed by atoms with Crippen LogP contribution in [0.5, 0.6) is 0 Å². The Labute approximate surface area is 117 Å². The van der Waals surface area contributed by atoms with E-state index in [1.807, 2.05) is 66.7 Å². The highest BCUT2D eigenvalue weighted by molar-refractivity contribution is 7.86. The Balaban J connectivity index is 2.13. The van der Waals surface area contributed by atoms with Gasteiger partial charge >= 0.3 is 0 Å². The fourth-order valence-electron chi connectivity index (χ4n) is 2.85. The van der Waals surface area contributed by atoms with Gasteiger partial charge in [0.1, 0.15) is 0 Å². The van der Waals surface area contributed by atoms with Crippen molar-refractivity contribution in [2.45, 2.75) is 0 Å². The zero-order valence-electron chi connectivity index (χ0n) is 10.7. The lowest BCUT2D eigenvalue weighted by Crippen LogP contribution is -2.20. The van der Waals surface area contributed by atoms with E-state index in [0.717, 1.165) is 27.2 Å². The molecule has 4 rings (SSSR count). The molecule has 0 N–H and O–H groups in total. The quantitative estimate of drug-likeness (QED) is 0.501. The van der Waals surface area contributed by atoms with Gasteiger partial charge in [0.2, 0.25) is 0 Å². The standard InChI is InChI=1S/C17H12NOP/c19-20(13-7-2-1-3-8-13)15-10-5-4-9-14(15)17-16(20)11-6-12-18-17/h1-12H/t20-/m0/s1. The first kappa shape index (κ1) is 11.6. The minimum atomic E-state index is -2.76. The van der Waals surface area contributed by atoms with Crippen LogP contribution in [0.3, 0.4) is 0 Å². The molecule has 0 unspecified atom stereocenters. The van der Waals surface area contributed by atoms with Gasteiger partial charge in [0.05, 0.1) is 5.69 Å². The number of pyridine rings is 1. The maximum absolute atomic E-state index is 13.8. The van der Waals surface area contributed by atoms with E-state index in [-0.39, 0.29) is 0 Å². The van der Waals surface area contributed by atoms with Gasteiger partial charge in [0.25, 0.3) is 0 Å². The Morgan fingerprint density at radius 3 is 2.30 bits per heavy atom. The molecule has 0 radical (unpaired) electrons. The molecule has 2 heterocycles. The topological polar surface area (TPSA) is 30.0 Å². The third-order valence-electron chi connectivity index (χ3n) is 3.74. The summed E-state index contributed by atoms with van der Waals surface area (Å²) in [5.74, 6) is 0. The predicted octanol–water partition coefficient (Wildman–Crippen LogP) is 2.70. The first-order valence-corrected chi connectivity index (χ1v) is 8.24. The molecule has 0 saturated heterocycles. The Bertz CT molecular complexity index is 793. The molecule has 0 aliphatic carbocycles. The molecule has 1 aromatic heterocycles. The largest absolute Gasteiger partial charge is 0.309 e. The maximum atomic E-state index is 13.8. The van der Waals surface area contributed by atoms with Gasteiger partial charge in [-0.2, -0.15) is 0 Å². The summed E-state index contributed by atoms with van der Waals surface area (Å²) in [6.07, 6.45) is 1.76. The molecule has 0 bridgehead atoms. The molecule has 2 nitrogen and oxygen atoms in total. The summed E-state index contributed by atoms with van der Waals surface area (Å²) >= 11 is 0. The van der Waals surface area contributed by atoms with Gasteiger partial charge in [-0.1, -0.05) is 54.6 Å². The van der Waals surface area contributed by atoms with E-state index in [9.17, 15) is 4.57 Å². The SMILES string of the molecule is O=[P@@]1(c2ccccc2)c2ccccc2-c2ncccc21. The van der Waals surface area contributed by atoms with E-state index in [1.165, 1.54) is 0 Å². The van der Waals surface area contributed by atoms with Gasteiger partial charge in [0, 0.05) is 27.7 Å². The van der Waals surface area contributed by atoms with E-state index < -0.39 is 7.14 Å². The minimum absolute atomic E-state index is 0.854. The lowest BCUT2D eigenvalue weighted by atomic mass is 10.1. The van der Waals surface area contributed by atoms with Crippen LogP contribution in [0.4, 0.5) is 0 Å². The van der Waals surface area contributed by atoms with Gasteiger partial charge in [0.15, 0.2) is 7.14 Å². The van der Waals surface area contributed by atoms with E-state index >= 15 is 0 Å². The van der Waals surface area contributed by atoms with Crippen molar-refractivity contribution >= 4 is 23.1 Å². The van der Waals surface area contributed by atoms with Crippen molar-refractivity contribution in [2.24, 2.45) is 0 Å². The fourth-order valence-corrected chi connectivity index (χ4v) is 5.85. The van der Waals surface area contributed by atoms with Gasteiger partial charge in [-0.15, -0.1) is 0 Å². The second-order valence-electron chi connectivity index (χ2n) is 4.83. The number of hydrogen-bond donors (Lipinski definition) is 0. The van der Waals surface area contributed by atoms with Crippen LogP contribution in [0, 0.1) is 0 Å². The molecule has 0 spiro atoms. The third kappa shape index (κ3) is 1.40. The van der Waals surface area contributed by atoms with Crippen LogP contribution in [0.25, 0.3) is 11.3 Å². The molecular weight excluding hydrogens is 265 g/mol. The number of benzene rings is 2. The third-order valence-corrected chi connectivity index (χ3v) is 6.88. The van der Waals surface area contributed by atoms with Gasteiger partial charge in [-0.25, -0.2) is 0 Å². The highest BCUT2D eigenvalue weighted by atomic mass is 31.2. The number of hydrogen-bond acceptors (Lipinski definition) is 2. The molecule has 0 fully saturated rings. The normalized spacial score (nSPS) is 19.4. The fraction of sp³-hybridized carbons (Fsp3) is 0. The molecule has 20 heavy (non-hydrogen) atoms. The number of nitrogens with zero attached hydrogens (tertiary/aromatic N) is 1. The van der Waals surface area contributed by atoms with Crippen molar-refractivity contribution in [3.05, 3.63) is 72.9 Å². The molecule has 1 aliphatic heterocycles. The monoisotopic (exact) mass is 277 g/mol. The van der Waals surface area contributed by atoms with Crippen molar-refractivity contribution in [3.8, 4) is 11.3 Å². The van der Waals surface area contributed by atoms with Crippen molar-refractivity contribution < 1.29 is 4.57 Å². The second kappa shape index (κ2) is 4.16. The van der Waals surface area contributed by atoms with Gasteiger partial charge in [-0.05, 0) is 12.1 Å². The number of aromatic nitrogens is 1. The molecule has 3 heteroatoms. The second-order valence-corrected chi connectivity index (χ2v) is 7.53.